The lowest BCUT2D eigenvalue weighted by molar-refractivity contribution is 0.181. The number of aryl methyl sites for hydroxylation is 1. The van der Waals surface area contributed by atoms with Crippen molar-refractivity contribution in [2.24, 2.45) is 5.73 Å². The van der Waals surface area contributed by atoms with Crippen molar-refractivity contribution >= 4 is 5.95 Å². The van der Waals surface area contributed by atoms with E-state index in [1.165, 1.54) is 0 Å². The molecule has 0 radical (unpaired) electrons. The molecule has 0 saturated heterocycles. The highest BCUT2D eigenvalue weighted by Gasteiger charge is 2.12. The molecule has 0 aliphatic carbocycles. The van der Waals surface area contributed by atoms with Gasteiger partial charge in [-0.2, -0.15) is 0 Å². The second-order valence-corrected chi connectivity index (χ2v) is 4.98. The Morgan fingerprint density at radius 2 is 2.06 bits per heavy atom. The molecule has 0 aliphatic rings. The van der Waals surface area contributed by atoms with E-state index in [1.54, 1.807) is 7.11 Å². The van der Waals surface area contributed by atoms with Crippen LogP contribution in [-0.4, -0.2) is 43.3 Å². The van der Waals surface area contributed by atoms with Crippen LogP contribution in [-0.2, 0) is 4.74 Å². The smallest absolute Gasteiger partial charge is 0.225 e. The predicted molar refractivity (Wildman–Crippen MR) is 74.0 cm³/mol. The van der Waals surface area contributed by atoms with Crippen LogP contribution in [0.15, 0.2) is 6.07 Å². The fourth-order valence-electron chi connectivity index (χ4n) is 1.74. The molecule has 1 atom stereocenters. The highest BCUT2D eigenvalue weighted by atomic mass is 16.5. The summed E-state index contributed by atoms with van der Waals surface area (Å²) in [6.07, 6.45) is 0. The first-order valence-corrected chi connectivity index (χ1v) is 6.25. The summed E-state index contributed by atoms with van der Waals surface area (Å²) in [5.74, 6) is 1.12. The lowest BCUT2D eigenvalue weighted by Crippen LogP contribution is -2.39. The summed E-state index contributed by atoms with van der Waals surface area (Å²) >= 11 is 0. The van der Waals surface area contributed by atoms with E-state index in [1.807, 2.05) is 24.9 Å². The van der Waals surface area contributed by atoms with Crippen molar-refractivity contribution in [3.63, 3.8) is 0 Å². The zero-order valence-electron chi connectivity index (χ0n) is 12.0. The van der Waals surface area contributed by atoms with E-state index in [9.17, 15) is 0 Å². The van der Waals surface area contributed by atoms with Crippen molar-refractivity contribution < 1.29 is 4.74 Å². The summed E-state index contributed by atoms with van der Waals surface area (Å²) in [4.78, 5) is 11.0. The van der Waals surface area contributed by atoms with Crippen LogP contribution in [0.25, 0.3) is 0 Å². The zero-order chi connectivity index (χ0) is 13.7. The van der Waals surface area contributed by atoms with Crippen LogP contribution < -0.4 is 10.6 Å². The first-order valence-electron chi connectivity index (χ1n) is 6.25. The summed E-state index contributed by atoms with van der Waals surface area (Å²) in [5.41, 5.74) is 7.98. The molecule has 18 heavy (non-hydrogen) atoms. The maximum absolute atomic E-state index is 5.94. The molecule has 1 aromatic rings. The summed E-state index contributed by atoms with van der Waals surface area (Å²) in [6.45, 7) is 7.45. The lowest BCUT2D eigenvalue weighted by Gasteiger charge is -2.22. The van der Waals surface area contributed by atoms with Crippen molar-refractivity contribution in [1.29, 1.82) is 0 Å². The van der Waals surface area contributed by atoms with Gasteiger partial charge in [0.1, 0.15) is 0 Å². The molecule has 1 aromatic heterocycles. The first kappa shape index (κ1) is 14.9. The molecule has 0 saturated carbocycles. The van der Waals surface area contributed by atoms with Gasteiger partial charge in [-0.3, -0.25) is 0 Å². The normalized spacial score (nSPS) is 12.8. The van der Waals surface area contributed by atoms with Crippen LogP contribution in [0.4, 0.5) is 5.95 Å². The van der Waals surface area contributed by atoms with E-state index < -0.39 is 0 Å². The van der Waals surface area contributed by atoms with Gasteiger partial charge >= 0.3 is 0 Å². The van der Waals surface area contributed by atoms with E-state index in [0.29, 0.717) is 19.1 Å². The quantitative estimate of drug-likeness (QED) is 0.827. The van der Waals surface area contributed by atoms with Crippen molar-refractivity contribution in [3.05, 3.63) is 17.5 Å². The standard InChI is InChI=1S/C13H24N4O/c1-9(2)12-6-10(3)15-13(16-12)17(4)7-11(14)8-18-5/h6,9,11H,7-8,14H2,1-5H3. The second kappa shape index (κ2) is 6.66. The second-order valence-electron chi connectivity index (χ2n) is 4.98. The molecular weight excluding hydrogens is 228 g/mol. The molecule has 1 rings (SSSR count). The Bertz CT molecular complexity index is 381. The van der Waals surface area contributed by atoms with Gasteiger partial charge < -0.3 is 15.4 Å². The number of likely N-dealkylation sites (N-methyl/N-ethyl adjacent to an activating group) is 1. The van der Waals surface area contributed by atoms with E-state index in [4.69, 9.17) is 10.5 Å². The van der Waals surface area contributed by atoms with Gasteiger partial charge in [0.2, 0.25) is 5.95 Å². The molecule has 102 valence electrons. The zero-order valence-corrected chi connectivity index (χ0v) is 12.0. The average molecular weight is 252 g/mol. The highest BCUT2D eigenvalue weighted by molar-refractivity contribution is 5.32. The Labute approximate surface area is 109 Å². The molecule has 0 spiro atoms. The van der Waals surface area contributed by atoms with E-state index in [-0.39, 0.29) is 6.04 Å². The van der Waals surface area contributed by atoms with E-state index in [2.05, 4.69) is 23.8 Å². The Morgan fingerprint density at radius 3 is 2.61 bits per heavy atom. The Morgan fingerprint density at radius 1 is 1.39 bits per heavy atom. The number of hydrogen-bond donors (Lipinski definition) is 1. The van der Waals surface area contributed by atoms with Gasteiger partial charge in [0.25, 0.3) is 0 Å². The Kier molecular flexibility index (Phi) is 5.50. The topological polar surface area (TPSA) is 64.3 Å². The number of nitrogens with zero attached hydrogens (tertiary/aromatic N) is 3. The van der Waals surface area contributed by atoms with E-state index >= 15 is 0 Å². The fraction of sp³-hybridized carbons (Fsp3) is 0.692. The highest BCUT2D eigenvalue weighted by Crippen LogP contribution is 2.16. The number of nitrogens with two attached hydrogens (primary N) is 1. The van der Waals surface area contributed by atoms with Crippen LogP contribution in [0, 0.1) is 6.92 Å². The number of aromatic nitrogens is 2. The minimum atomic E-state index is -0.0355. The maximum atomic E-state index is 5.94. The van der Waals surface area contributed by atoms with Gasteiger partial charge in [0, 0.05) is 38.1 Å². The van der Waals surface area contributed by atoms with Gasteiger partial charge in [-0.1, -0.05) is 13.8 Å². The number of methoxy groups -OCH3 is 1. The monoisotopic (exact) mass is 252 g/mol. The molecular formula is C13H24N4O. The Hall–Kier alpha value is -1.20. The van der Waals surface area contributed by atoms with Crippen molar-refractivity contribution in [2.75, 3.05) is 32.2 Å². The first-order chi connectivity index (χ1) is 8.43. The number of anilines is 1. The fourth-order valence-corrected chi connectivity index (χ4v) is 1.74. The minimum Gasteiger partial charge on any atom is -0.383 e. The van der Waals surface area contributed by atoms with Gasteiger partial charge in [-0.15, -0.1) is 0 Å². The van der Waals surface area contributed by atoms with Gasteiger partial charge in [0.15, 0.2) is 0 Å². The van der Waals surface area contributed by atoms with Gasteiger partial charge in [0.05, 0.1) is 6.61 Å². The third kappa shape index (κ3) is 4.23. The van der Waals surface area contributed by atoms with Crippen molar-refractivity contribution in [3.8, 4) is 0 Å². The molecule has 2 N–H and O–H groups in total. The number of ether oxygens (including phenoxy) is 1. The van der Waals surface area contributed by atoms with Crippen LogP contribution in [0.5, 0.6) is 0 Å². The summed E-state index contributed by atoms with van der Waals surface area (Å²) in [7, 11) is 3.61. The van der Waals surface area contributed by atoms with Crippen LogP contribution in [0.2, 0.25) is 0 Å². The van der Waals surface area contributed by atoms with Crippen molar-refractivity contribution in [2.45, 2.75) is 32.7 Å². The largest absolute Gasteiger partial charge is 0.383 e. The molecule has 0 fully saturated rings. The maximum Gasteiger partial charge on any atom is 0.225 e. The summed E-state index contributed by atoms with van der Waals surface area (Å²) < 4.78 is 5.03. The third-order valence-corrected chi connectivity index (χ3v) is 2.68. The number of hydrogen-bond acceptors (Lipinski definition) is 5. The predicted octanol–water partition coefficient (Wildman–Crippen LogP) is 1.32. The molecule has 1 unspecified atom stereocenters. The Balaban J connectivity index is 2.81. The van der Waals surface area contributed by atoms with Gasteiger partial charge in [-0.25, -0.2) is 9.97 Å². The molecule has 5 nitrogen and oxygen atoms in total. The van der Waals surface area contributed by atoms with Crippen LogP contribution >= 0.6 is 0 Å². The molecule has 0 amide bonds. The number of rotatable bonds is 6. The molecule has 5 heteroatoms. The molecule has 0 bridgehead atoms. The molecule has 1 heterocycles. The lowest BCUT2D eigenvalue weighted by atomic mass is 10.1. The average Bonchev–Trinajstić information content (AvgIpc) is 2.28. The van der Waals surface area contributed by atoms with Crippen LogP contribution in [0.1, 0.15) is 31.2 Å². The van der Waals surface area contributed by atoms with Crippen molar-refractivity contribution in [1.82, 2.24) is 9.97 Å². The van der Waals surface area contributed by atoms with Gasteiger partial charge in [-0.05, 0) is 18.9 Å². The summed E-state index contributed by atoms with van der Waals surface area (Å²) in [6, 6.07) is 1.99. The minimum absolute atomic E-state index is 0.0355. The van der Waals surface area contributed by atoms with Crippen LogP contribution in [0.3, 0.4) is 0 Å². The molecule has 0 aliphatic heterocycles. The molecule has 0 aromatic carbocycles. The SMILES string of the molecule is COCC(N)CN(C)c1nc(C)cc(C(C)C)n1. The summed E-state index contributed by atoms with van der Waals surface area (Å²) in [5, 5.41) is 0. The van der Waals surface area contributed by atoms with E-state index in [0.717, 1.165) is 17.3 Å². The third-order valence-electron chi connectivity index (χ3n) is 2.68.